The molecule has 0 amide bonds. The van der Waals surface area contributed by atoms with Crippen molar-refractivity contribution in [3.8, 4) is 0 Å². The lowest BCUT2D eigenvalue weighted by Gasteiger charge is -2.28. The van der Waals surface area contributed by atoms with Crippen LogP contribution in [0.25, 0.3) is 0 Å². The highest BCUT2D eigenvalue weighted by molar-refractivity contribution is 6.15. The molecule has 0 saturated carbocycles. The highest BCUT2D eigenvalue weighted by Crippen LogP contribution is 2.28. The number of hydrogen-bond acceptors (Lipinski definition) is 6. The van der Waals surface area contributed by atoms with Crippen molar-refractivity contribution in [1.82, 2.24) is 9.97 Å². The maximum Gasteiger partial charge on any atom is 0.129 e. The molecule has 134 valence electrons. The van der Waals surface area contributed by atoms with E-state index < -0.39 is 0 Å². The van der Waals surface area contributed by atoms with Crippen molar-refractivity contribution in [2.45, 2.75) is 19.4 Å². The van der Waals surface area contributed by atoms with E-state index in [1.165, 1.54) is 24.0 Å². The molecule has 3 aliphatic heterocycles. The second kappa shape index (κ2) is 6.68. The van der Waals surface area contributed by atoms with Gasteiger partial charge >= 0.3 is 0 Å². The monoisotopic (exact) mass is 349 g/mol. The van der Waals surface area contributed by atoms with Crippen LogP contribution in [0, 0.1) is 0 Å². The normalized spacial score (nSPS) is 19.6. The van der Waals surface area contributed by atoms with Crippen LogP contribution in [0.3, 0.4) is 0 Å². The standard InChI is InChI=1S/C20H23N5O/c1-2-6-24(5-1)19-12-17-16(13-22-19)14-23-20(17)15-3-4-21-18(11-15)25-7-9-26-10-8-25/h3-4,11-13H,1-2,5-10,14H2. The zero-order chi connectivity index (χ0) is 17.3. The van der Waals surface area contributed by atoms with Crippen LogP contribution in [0.2, 0.25) is 0 Å². The topological polar surface area (TPSA) is 53.9 Å². The molecule has 2 saturated heterocycles. The van der Waals surface area contributed by atoms with Gasteiger partial charge in [0.2, 0.25) is 0 Å². The Morgan fingerprint density at radius 1 is 0.885 bits per heavy atom. The summed E-state index contributed by atoms with van der Waals surface area (Å²) in [5.74, 6) is 2.09. The molecule has 0 aromatic carbocycles. The Balaban J connectivity index is 1.46. The molecular formula is C20H23N5O. The molecule has 0 radical (unpaired) electrons. The third-order valence-corrected chi connectivity index (χ3v) is 5.42. The molecule has 0 aliphatic carbocycles. The second-order valence-electron chi connectivity index (χ2n) is 7.06. The Labute approximate surface area is 153 Å². The lowest BCUT2D eigenvalue weighted by molar-refractivity contribution is 0.122. The van der Waals surface area contributed by atoms with Crippen LogP contribution in [0.15, 0.2) is 35.6 Å². The molecular weight excluding hydrogens is 326 g/mol. The summed E-state index contributed by atoms with van der Waals surface area (Å²) in [7, 11) is 0. The molecule has 26 heavy (non-hydrogen) atoms. The zero-order valence-corrected chi connectivity index (χ0v) is 14.9. The molecule has 0 atom stereocenters. The number of nitrogens with zero attached hydrogens (tertiary/aromatic N) is 5. The van der Waals surface area contributed by atoms with Crippen molar-refractivity contribution in [3.05, 3.63) is 47.3 Å². The van der Waals surface area contributed by atoms with Crippen LogP contribution in [-0.2, 0) is 11.3 Å². The van der Waals surface area contributed by atoms with E-state index in [0.717, 1.165) is 62.3 Å². The maximum atomic E-state index is 5.45. The first-order valence-corrected chi connectivity index (χ1v) is 9.46. The quantitative estimate of drug-likeness (QED) is 0.851. The van der Waals surface area contributed by atoms with E-state index in [9.17, 15) is 0 Å². The number of ether oxygens (including phenoxy) is 1. The fourth-order valence-electron chi connectivity index (χ4n) is 3.97. The van der Waals surface area contributed by atoms with E-state index in [2.05, 4.69) is 38.0 Å². The van der Waals surface area contributed by atoms with Gasteiger partial charge in [-0.15, -0.1) is 0 Å². The molecule has 5 rings (SSSR count). The molecule has 0 unspecified atom stereocenters. The third kappa shape index (κ3) is 2.84. The number of fused-ring (bicyclic) bond motifs is 1. The van der Waals surface area contributed by atoms with E-state index in [4.69, 9.17) is 9.73 Å². The Morgan fingerprint density at radius 3 is 2.50 bits per heavy atom. The highest BCUT2D eigenvalue weighted by Gasteiger charge is 2.22. The lowest BCUT2D eigenvalue weighted by atomic mass is 10.0. The van der Waals surface area contributed by atoms with Gasteiger partial charge in [-0.2, -0.15) is 0 Å². The summed E-state index contributed by atoms with van der Waals surface area (Å²) in [6, 6.07) is 6.45. The van der Waals surface area contributed by atoms with Gasteiger partial charge in [0.1, 0.15) is 11.6 Å². The average molecular weight is 349 g/mol. The van der Waals surface area contributed by atoms with Gasteiger partial charge in [0.15, 0.2) is 0 Å². The predicted octanol–water partition coefficient (Wildman–Crippen LogP) is 2.26. The summed E-state index contributed by atoms with van der Waals surface area (Å²) < 4.78 is 5.45. The van der Waals surface area contributed by atoms with E-state index in [0.29, 0.717) is 6.54 Å². The van der Waals surface area contributed by atoms with Crippen LogP contribution in [0.1, 0.15) is 29.5 Å². The first-order chi connectivity index (χ1) is 12.9. The fraction of sp³-hybridized carbons (Fsp3) is 0.450. The van der Waals surface area contributed by atoms with Gasteiger partial charge in [-0.3, -0.25) is 4.99 Å². The van der Waals surface area contributed by atoms with Crippen molar-refractivity contribution in [2.24, 2.45) is 4.99 Å². The van der Waals surface area contributed by atoms with Gasteiger partial charge in [-0.25, -0.2) is 9.97 Å². The predicted molar refractivity (Wildman–Crippen MR) is 102 cm³/mol. The molecule has 2 aromatic heterocycles. The zero-order valence-electron chi connectivity index (χ0n) is 14.9. The minimum Gasteiger partial charge on any atom is -0.378 e. The van der Waals surface area contributed by atoms with E-state index in [1.807, 2.05) is 12.4 Å². The van der Waals surface area contributed by atoms with Crippen molar-refractivity contribution < 1.29 is 4.74 Å². The Kier molecular flexibility index (Phi) is 4.05. The molecule has 6 heteroatoms. The fourth-order valence-corrected chi connectivity index (χ4v) is 3.97. The van der Waals surface area contributed by atoms with E-state index >= 15 is 0 Å². The summed E-state index contributed by atoms with van der Waals surface area (Å²) in [5.41, 5.74) is 4.65. The maximum absolute atomic E-state index is 5.45. The largest absolute Gasteiger partial charge is 0.378 e. The molecule has 6 nitrogen and oxygen atoms in total. The SMILES string of the molecule is c1cc(C2=NCc3cnc(N4CCCC4)cc32)cc(N2CCOCC2)n1. The van der Waals surface area contributed by atoms with Crippen LogP contribution < -0.4 is 9.80 Å². The highest BCUT2D eigenvalue weighted by atomic mass is 16.5. The summed E-state index contributed by atoms with van der Waals surface area (Å²) in [6.07, 6.45) is 6.41. The van der Waals surface area contributed by atoms with Crippen molar-refractivity contribution in [3.63, 3.8) is 0 Å². The number of pyridine rings is 2. The van der Waals surface area contributed by atoms with Crippen LogP contribution in [0.4, 0.5) is 11.6 Å². The van der Waals surface area contributed by atoms with Gasteiger partial charge in [0, 0.05) is 55.3 Å². The molecule has 0 bridgehead atoms. The summed E-state index contributed by atoms with van der Waals surface area (Å²) in [5, 5.41) is 0. The van der Waals surface area contributed by atoms with Gasteiger partial charge in [-0.05, 0) is 31.0 Å². The molecule has 2 aromatic rings. The Bertz CT molecular complexity index is 838. The number of rotatable bonds is 3. The summed E-state index contributed by atoms with van der Waals surface area (Å²) >= 11 is 0. The third-order valence-electron chi connectivity index (χ3n) is 5.42. The number of hydrogen-bond donors (Lipinski definition) is 0. The minimum atomic E-state index is 0.715. The Hall–Kier alpha value is -2.47. The van der Waals surface area contributed by atoms with E-state index in [1.54, 1.807) is 0 Å². The minimum absolute atomic E-state index is 0.715. The molecule has 0 spiro atoms. The van der Waals surface area contributed by atoms with Crippen molar-refractivity contribution in [1.29, 1.82) is 0 Å². The number of aromatic nitrogens is 2. The molecule has 5 heterocycles. The first kappa shape index (κ1) is 15.8. The lowest BCUT2D eigenvalue weighted by Crippen LogP contribution is -2.36. The summed E-state index contributed by atoms with van der Waals surface area (Å²) in [6.45, 7) is 6.24. The molecule has 3 aliphatic rings. The number of anilines is 2. The average Bonchev–Trinajstić information content (AvgIpc) is 3.38. The van der Waals surface area contributed by atoms with Crippen LogP contribution in [-0.4, -0.2) is 55.1 Å². The van der Waals surface area contributed by atoms with Gasteiger partial charge < -0.3 is 14.5 Å². The second-order valence-corrected chi connectivity index (χ2v) is 7.06. The number of aliphatic imine (C=N–C) groups is 1. The molecule has 2 fully saturated rings. The van der Waals surface area contributed by atoms with E-state index in [-0.39, 0.29) is 0 Å². The summed E-state index contributed by atoms with van der Waals surface area (Å²) in [4.78, 5) is 18.7. The smallest absolute Gasteiger partial charge is 0.129 e. The first-order valence-electron chi connectivity index (χ1n) is 9.46. The van der Waals surface area contributed by atoms with Gasteiger partial charge in [-0.1, -0.05) is 0 Å². The van der Waals surface area contributed by atoms with Gasteiger partial charge in [0.25, 0.3) is 0 Å². The Morgan fingerprint density at radius 2 is 1.65 bits per heavy atom. The molecule has 0 N–H and O–H groups in total. The van der Waals surface area contributed by atoms with Crippen molar-refractivity contribution in [2.75, 3.05) is 49.2 Å². The van der Waals surface area contributed by atoms with Crippen LogP contribution in [0.5, 0.6) is 0 Å². The van der Waals surface area contributed by atoms with Gasteiger partial charge in [0.05, 0.1) is 25.5 Å². The van der Waals surface area contributed by atoms with Crippen molar-refractivity contribution >= 4 is 17.3 Å². The number of morpholine rings is 1. The van der Waals surface area contributed by atoms with Crippen LogP contribution >= 0.6 is 0 Å².